The third kappa shape index (κ3) is 1.87. The van der Waals surface area contributed by atoms with Crippen LogP contribution in [0.5, 0.6) is 0 Å². The van der Waals surface area contributed by atoms with Crippen molar-refractivity contribution in [3.05, 3.63) is 0 Å². The molecule has 1 saturated heterocycles. The predicted octanol–water partition coefficient (Wildman–Crippen LogP) is 1.94. The number of carbonyl (C=O) groups is 2. The van der Waals surface area contributed by atoms with E-state index in [-0.39, 0.29) is 17.2 Å². The largest absolute Gasteiger partial charge is 0.352 e. The van der Waals surface area contributed by atoms with Gasteiger partial charge in [0.05, 0.1) is 5.41 Å². The molecule has 4 nitrogen and oxygen atoms in total. The predicted molar refractivity (Wildman–Crippen MR) is 79.4 cm³/mol. The number of rotatable bonds is 1. The minimum absolute atomic E-state index is 0.00757. The van der Waals surface area contributed by atoms with E-state index in [2.05, 4.69) is 5.32 Å². The Bertz CT molecular complexity index is 462. The van der Waals surface area contributed by atoms with E-state index in [1.54, 1.807) is 0 Å². The lowest BCUT2D eigenvalue weighted by Gasteiger charge is -2.58. The van der Waals surface area contributed by atoms with Gasteiger partial charge in [-0.2, -0.15) is 0 Å². The van der Waals surface area contributed by atoms with Crippen LogP contribution in [0.1, 0.15) is 52.4 Å². The van der Waals surface area contributed by atoms with Crippen LogP contribution in [0.4, 0.5) is 0 Å². The summed E-state index contributed by atoms with van der Waals surface area (Å²) >= 11 is 0. The van der Waals surface area contributed by atoms with E-state index < -0.39 is 5.54 Å². The third-order valence-electron chi connectivity index (χ3n) is 6.59. The molecule has 5 fully saturated rings. The molecule has 4 saturated carbocycles. The molecule has 1 N–H and O–H groups in total. The molecule has 0 radical (unpaired) electrons. The van der Waals surface area contributed by atoms with Crippen LogP contribution in [0.25, 0.3) is 0 Å². The number of hydrogen-bond donors (Lipinski definition) is 1. The van der Waals surface area contributed by atoms with Gasteiger partial charge in [0.15, 0.2) is 0 Å². The van der Waals surface area contributed by atoms with Gasteiger partial charge in [0.1, 0.15) is 5.54 Å². The van der Waals surface area contributed by atoms with Gasteiger partial charge in [-0.1, -0.05) is 0 Å². The summed E-state index contributed by atoms with van der Waals surface area (Å²) < 4.78 is 0. The van der Waals surface area contributed by atoms with Gasteiger partial charge in [-0.25, -0.2) is 0 Å². The Morgan fingerprint density at radius 3 is 2.14 bits per heavy atom. The molecular weight excluding hydrogens is 264 g/mol. The molecule has 4 bridgehead atoms. The molecule has 4 heteroatoms. The van der Waals surface area contributed by atoms with Crippen molar-refractivity contribution >= 4 is 11.8 Å². The summed E-state index contributed by atoms with van der Waals surface area (Å²) in [5.74, 6) is 2.57. The quantitative estimate of drug-likeness (QED) is 0.802. The highest BCUT2D eigenvalue weighted by atomic mass is 16.2. The molecule has 2 amide bonds. The Labute approximate surface area is 126 Å². The van der Waals surface area contributed by atoms with Crippen molar-refractivity contribution < 1.29 is 9.59 Å². The number of carbonyl (C=O) groups excluding carboxylic acids is 2. The molecule has 0 spiro atoms. The average molecular weight is 290 g/mol. The monoisotopic (exact) mass is 290 g/mol. The minimum Gasteiger partial charge on any atom is -0.352 e. The van der Waals surface area contributed by atoms with Crippen LogP contribution in [0.2, 0.25) is 0 Å². The van der Waals surface area contributed by atoms with Crippen LogP contribution < -0.4 is 5.32 Å². The first-order valence-electron chi connectivity index (χ1n) is 8.51. The van der Waals surface area contributed by atoms with Crippen molar-refractivity contribution in [1.82, 2.24) is 10.2 Å². The van der Waals surface area contributed by atoms with Crippen molar-refractivity contribution in [3.8, 4) is 0 Å². The van der Waals surface area contributed by atoms with Gasteiger partial charge in [0, 0.05) is 13.1 Å². The Morgan fingerprint density at radius 1 is 1.10 bits per heavy atom. The lowest BCUT2D eigenvalue weighted by molar-refractivity contribution is -0.168. The summed E-state index contributed by atoms with van der Waals surface area (Å²) in [6, 6.07) is 0. The van der Waals surface area contributed by atoms with E-state index in [1.807, 2.05) is 18.7 Å². The molecule has 0 atom stereocenters. The summed E-state index contributed by atoms with van der Waals surface area (Å²) in [6.07, 6.45) is 7.26. The van der Waals surface area contributed by atoms with Crippen LogP contribution in [0.15, 0.2) is 0 Å². The second-order valence-corrected chi connectivity index (χ2v) is 8.47. The standard InChI is InChI=1S/C17H26N2O2/c1-16(2)14(20)18-3-4-19(16)15(21)17-8-11-5-12(9-17)7-13(6-11)10-17/h11-13H,3-10H2,1-2H3,(H,18,20). The van der Waals surface area contributed by atoms with E-state index in [0.717, 1.165) is 37.0 Å². The first-order chi connectivity index (χ1) is 9.91. The Kier molecular flexibility index (Phi) is 2.74. The van der Waals surface area contributed by atoms with Crippen LogP contribution in [-0.4, -0.2) is 35.3 Å². The second kappa shape index (κ2) is 4.23. The molecule has 5 rings (SSSR count). The van der Waals surface area contributed by atoms with Crippen LogP contribution >= 0.6 is 0 Å². The highest BCUT2D eigenvalue weighted by molar-refractivity contribution is 5.94. The number of nitrogens with zero attached hydrogens (tertiary/aromatic N) is 1. The molecular formula is C17H26N2O2. The van der Waals surface area contributed by atoms with Gasteiger partial charge >= 0.3 is 0 Å². The summed E-state index contributed by atoms with van der Waals surface area (Å²) in [7, 11) is 0. The maximum absolute atomic E-state index is 13.4. The van der Waals surface area contributed by atoms with E-state index in [4.69, 9.17) is 0 Å². The molecule has 5 aliphatic rings. The van der Waals surface area contributed by atoms with Gasteiger partial charge in [0.2, 0.25) is 11.8 Å². The molecule has 1 aliphatic heterocycles. The normalized spacial score (nSPS) is 43.8. The third-order valence-corrected chi connectivity index (χ3v) is 6.59. The van der Waals surface area contributed by atoms with Crippen molar-refractivity contribution in [2.75, 3.05) is 13.1 Å². The Hall–Kier alpha value is -1.06. The molecule has 21 heavy (non-hydrogen) atoms. The van der Waals surface area contributed by atoms with Gasteiger partial charge in [-0.15, -0.1) is 0 Å². The van der Waals surface area contributed by atoms with E-state index in [9.17, 15) is 9.59 Å². The maximum atomic E-state index is 13.4. The van der Waals surface area contributed by atoms with E-state index in [0.29, 0.717) is 13.1 Å². The molecule has 4 aliphatic carbocycles. The summed E-state index contributed by atoms with van der Waals surface area (Å²) in [4.78, 5) is 27.4. The Morgan fingerprint density at radius 2 is 1.62 bits per heavy atom. The number of piperazine rings is 1. The molecule has 1 heterocycles. The molecule has 0 aromatic heterocycles. The van der Waals surface area contributed by atoms with Crippen molar-refractivity contribution in [3.63, 3.8) is 0 Å². The topological polar surface area (TPSA) is 49.4 Å². The fourth-order valence-electron chi connectivity index (χ4n) is 5.91. The smallest absolute Gasteiger partial charge is 0.245 e. The van der Waals surface area contributed by atoms with Crippen LogP contribution in [-0.2, 0) is 9.59 Å². The summed E-state index contributed by atoms with van der Waals surface area (Å²) in [5, 5.41) is 2.90. The molecule has 0 aromatic carbocycles. The first-order valence-corrected chi connectivity index (χ1v) is 8.51. The number of hydrogen-bond acceptors (Lipinski definition) is 2. The fourth-order valence-corrected chi connectivity index (χ4v) is 5.91. The highest BCUT2D eigenvalue weighted by Crippen LogP contribution is 2.60. The fraction of sp³-hybridized carbons (Fsp3) is 0.882. The maximum Gasteiger partial charge on any atom is 0.245 e. The first kappa shape index (κ1) is 13.6. The van der Waals surface area contributed by atoms with E-state index >= 15 is 0 Å². The zero-order chi connectivity index (χ0) is 14.8. The van der Waals surface area contributed by atoms with Crippen LogP contribution in [0.3, 0.4) is 0 Å². The highest BCUT2D eigenvalue weighted by Gasteiger charge is 2.57. The van der Waals surface area contributed by atoms with Crippen LogP contribution in [0, 0.1) is 23.2 Å². The van der Waals surface area contributed by atoms with Gasteiger partial charge in [0.25, 0.3) is 0 Å². The average Bonchev–Trinajstić information content (AvgIpc) is 2.39. The minimum atomic E-state index is -0.696. The lowest BCUT2D eigenvalue weighted by Crippen LogP contribution is -2.67. The number of amides is 2. The van der Waals surface area contributed by atoms with Gasteiger partial charge in [-0.3, -0.25) is 9.59 Å². The summed E-state index contributed by atoms with van der Waals surface area (Å²) in [5.41, 5.74) is -0.831. The molecule has 0 aromatic rings. The summed E-state index contributed by atoms with van der Waals surface area (Å²) in [6.45, 7) is 5.04. The van der Waals surface area contributed by atoms with Gasteiger partial charge < -0.3 is 10.2 Å². The SMILES string of the molecule is CC1(C)C(=O)NCCN1C(=O)C12CC3CC(CC(C3)C1)C2. The number of nitrogens with one attached hydrogen (secondary N) is 1. The van der Waals surface area contributed by atoms with Gasteiger partial charge in [-0.05, 0) is 70.1 Å². The van der Waals surface area contributed by atoms with Crippen molar-refractivity contribution in [2.24, 2.45) is 23.2 Å². The Balaban J connectivity index is 1.64. The lowest BCUT2D eigenvalue weighted by atomic mass is 9.49. The zero-order valence-corrected chi connectivity index (χ0v) is 13.2. The second-order valence-electron chi connectivity index (χ2n) is 8.47. The zero-order valence-electron chi connectivity index (χ0n) is 13.2. The van der Waals surface area contributed by atoms with E-state index in [1.165, 1.54) is 19.3 Å². The van der Waals surface area contributed by atoms with Crippen molar-refractivity contribution in [2.45, 2.75) is 57.9 Å². The molecule has 0 unspecified atom stereocenters. The van der Waals surface area contributed by atoms with Crippen molar-refractivity contribution in [1.29, 1.82) is 0 Å². The molecule has 116 valence electrons.